The van der Waals surface area contributed by atoms with Crippen LogP contribution in [0.3, 0.4) is 0 Å². The van der Waals surface area contributed by atoms with Crippen molar-refractivity contribution >= 4 is 28.9 Å². The molecular weight excluding hydrogens is 478 g/mol. The van der Waals surface area contributed by atoms with Crippen LogP contribution in [0.1, 0.15) is 40.4 Å². The summed E-state index contributed by atoms with van der Waals surface area (Å²) in [4.78, 5) is 11.4. The number of hydrogen-bond acceptors (Lipinski definition) is 4. The third kappa shape index (κ3) is 4.37. The lowest BCUT2D eigenvalue weighted by molar-refractivity contribution is 0.307. The molecule has 0 spiro atoms. The Morgan fingerprint density at radius 3 is 2.49 bits per heavy atom. The van der Waals surface area contributed by atoms with Crippen LogP contribution < -0.4 is 10.1 Å². The van der Waals surface area contributed by atoms with Gasteiger partial charge in [0.2, 0.25) is 0 Å². The second-order valence-electron chi connectivity index (χ2n) is 8.55. The van der Waals surface area contributed by atoms with Gasteiger partial charge in [-0.05, 0) is 80.2 Å². The van der Waals surface area contributed by atoms with E-state index in [4.69, 9.17) is 28.6 Å². The van der Waals surface area contributed by atoms with Gasteiger partial charge in [0.25, 0.3) is 0 Å². The number of pyridine rings is 2. The highest BCUT2D eigenvalue weighted by Crippen LogP contribution is 2.42. The first-order valence-corrected chi connectivity index (χ1v) is 12.2. The van der Waals surface area contributed by atoms with Crippen molar-refractivity contribution in [2.45, 2.75) is 32.5 Å². The molecule has 5 rings (SSSR count). The van der Waals surface area contributed by atoms with Crippen molar-refractivity contribution < 1.29 is 4.74 Å². The summed E-state index contributed by atoms with van der Waals surface area (Å²) < 4.78 is 7.86. The highest BCUT2D eigenvalue weighted by Gasteiger charge is 2.41. The Labute approximate surface area is 215 Å². The maximum absolute atomic E-state index is 6.38. The van der Waals surface area contributed by atoms with Gasteiger partial charge in [-0.2, -0.15) is 0 Å². The van der Waals surface area contributed by atoms with Gasteiger partial charge in [-0.1, -0.05) is 23.7 Å². The summed E-state index contributed by atoms with van der Waals surface area (Å²) in [6.45, 7) is 4.81. The number of benzene rings is 1. The van der Waals surface area contributed by atoms with Crippen LogP contribution in [-0.4, -0.2) is 31.7 Å². The van der Waals surface area contributed by atoms with E-state index in [0.717, 1.165) is 39.8 Å². The van der Waals surface area contributed by atoms with Gasteiger partial charge in [-0.25, -0.2) is 0 Å². The lowest BCUT2D eigenvalue weighted by atomic mass is 9.96. The number of nitrogens with zero attached hydrogens (tertiary/aromatic N) is 4. The van der Waals surface area contributed by atoms with Crippen LogP contribution in [0.5, 0.6) is 5.75 Å². The van der Waals surface area contributed by atoms with E-state index in [1.807, 2.05) is 67.0 Å². The van der Waals surface area contributed by atoms with Gasteiger partial charge < -0.3 is 19.5 Å². The first kappa shape index (κ1) is 23.3. The third-order valence-corrected chi connectivity index (χ3v) is 7.01. The summed E-state index contributed by atoms with van der Waals surface area (Å²) in [5, 5.41) is 4.86. The fraction of sp³-hybridized carbons (Fsp3) is 0.222. The predicted octanol–water partition coefficient (Wildman–Crippen LogP) is 5.72. The summed E-state index contributed by atoms with van der Waals surface area (Å²) in [5.41, 5.74) is 6.12. The average Bonchev–Trinajstić information content (AvgIpc) is 3.35. The Bertz CT molecular complexity index is 1360. The molecule has 2 unspecified atom stereocenters. The van der Waals surface area contributed by atoms with Gasteiger partial charge in [0.15, 0.2) is 5.11 Å². The fourth-order valence-electron chi connectivity index (χ4n) is 4.88. The van der Waals surface area contributed by atoms with Crippen molar-refractivity contribution in [2.75, 3.05) is 7.11 Å². The van der Waals surface area contributed by atoms with E-state index in [1.54, 1.807) is 7.11 Å². The molecule has 1 aliphatic heterocycles. The van der Waals surface area contributed by atoms with Crippen molar-refractivity contribution in [3.63, 3.8) is 0 Å². The smallest absolute Gasteiger partial charge is 0.170 e. The molecule has 8 heteroatoms. The van der Waals surface area contributed by atoms with Crippen molar-refractivity contribution in [3.8, 4) is 11.4 Å². The summed E-state index contributed by atoms with van der Waals surface area (Å²) in [7, 11) is 1.67. The summed E-state index contributed by atoms with van der Waals surface area (Å²) in [6, 6.07) is 19.6. The lowest BCUT2D eigenvalue weighted by Crippen LogP contribution is -2.29. The molecule has 1 aromatic carbocycles. The monoisotopic (exact) mass is 503 g/mol. The molecule has 3 aromatic heterocycles. The van der Waals surface area contributed by atoms with Crippen molar-refractivity contribution in [3.05, 3.63) is 106 Å². The predicted molar refractivity (Wildman–Crippen MR) is 142 cm³/mol. The number of aryl methyl sites for hydroxylation is 1. The summed E-state index contributed by atoms with van der Waals surface area (Å²) in [5.74, 6) is 0.759. The van der Waals surface area contributed by atoms with E-state index >= 15 is 0 Å². The molecule has 0 saturated carbocycles. The summed E-state index contributed by atoms with van der Waals surface area (Å²) >= 11 is 12.2. The minimum Gasteiger partial charge on any atom is -0.495 e. The number of aromatic nitrogens is 3. The largest absolute Gasteiger partial charge is 0.495 e. The van der Waals surface area contributed by atoms with E-state index < -0.39 is 0 Å². The number of ether oxygens (including phenoxy) is 1. The molecular formula is C27H26ClN5OS. The van der Waals surface area contributed by atoms with Crippen LogP contribution in [0.25, 0.3) is 5.69 Å². The first-order chi connectivity index (χ1) is 17.0. The Morgan fingerprint density at radius 1 is 1.03 bits per heavy atom. The van der Waals surface area contributed by atoms with Crippen molar-refractivity contribution in [1.82, 2.24) is 24.8 Å². The average molecular weight is 504 g/mol. The van der Waals surface area contributed by atoms with Gasteiger partial charge in [0.1, 0.15) is 5.75 Å². The fourth-order valence-corrected chi connectivity index (χ4v) is 5.35. The van der Waals surface area contributed by atoms with Gasteiger partial charge in [-0.3, -0.25) is 9.97 Å². The number of thiocarbonyl (C=S) groups is 1. The second-order valence-corrected chi connectivity index (χ2v) is 9.38. The molecule has 0 aliphatic carbocycles. The first-order valence-electron chi connectivity index (χ1n) is 11.4. The molecule has 178 valence electrons. The molecule has 6 nitrogen and oxygen atoms in total. The zero-order valence-electron chi connectivity index (χ0n) is 19.8. The van der Waals surface area contributed by atoms with E-state index in [-0.39, 0.29) is 12.1 Å². The van der Waals surface area contributed by atoms with E-state index in [0.29, 0.717) is 16.7 Å². The highest BCUT2D eigenvalue weighted by atomic mass is 35.5. The molecule has 2 atom stereocenters. The van der Waals surface area contributed by atoms with Crippen LogP contribution in [0, 0.1) is 13.8 Å². The molecule has 1 saturated heterocycles. The molecule has 1 aliphatic rings. The highest BCUT2D eigenvalue weighted by molar-refractivity contribution is 7.80. The quantitative estimate of drug-likeness (QED) is 0.340. The van der Waals surface area contributed by atoms with E-state index in [9.17, 15) is 0 Å². The number of methoxy groups -OCH3 is 1. The van der Waals surface area contributed by atoms with E-state index in [1.165, 1.54) is 0 Å². The van der Waals surface area contributed by atoms with Crippen LogP contribution >= 0.6 is 23.8 Å². The number of halogens is 1. The van der Waals surface area contributed by atoms with Gasteiger partial charge in [0, 0.05) is 28.8 Å². The maximum atomic E-state index is 6.38. The Balaban J connectivity index is 1.65. The minimum absolute atomic E-state index is 0.0791. The van der Waals surface area contributed by atoms with Crippen LogP contribution in [-0.2, 0) is 6.54 Å². The Morgan fingerprint density at radius 2 is 1.80 bits per heavy atom. The van der Waals surface area contributed by atoms with Crippen molar-refractivity contribution in [2.24, 2.45) is 0 Å². The number of hydrogen-bond donors (Lipinski definition) is 1. The van der Waals surface area contributed by atoms with Gasteiger partial charge in [-0.15, -0.1) is 0 Å². The number of nitrogens with one attached hydrogen (secondary N) is 1. The zero-order valence-corrected chi connectivity index (χ0v) is 21.3. The molecule has 0 radical (unpaired) electrons. The molecule has 4 aromatic rings. The topological polar surface area (TPSA) is 55.2 Å². The molecule has 35 heavy (non-hydrogen) atoms. The van der Waals surface area contributed by atoms with Crippen LogP contribution in [0.4, 0.5) is 0 Å². The molecule has 1 fully saturated rings. The molecule has 1 N–H and O–H groups in total. The molecule has 0 bridgehead atoms. The van der Waals surface area contributed by atoms with Crippen LogP contribution in [0.2, 0.25) is 5.02 Å². The molecule has 4 heterocycles. The standard InChI is InChI=1S/C27H26ClN5OS/c1-17-14-21(18(2)33(17)23-15-19(28)10-11-24(23)34-3)26-25(22-9-5-7-13-30-22)31-27(35)32(26)16-20-8-4-6-12-29-20/h4-15,25-26H,16H2,1-3H3,(H,31,35). The third-order valence-electron chi connectivity index (χ3n) is 6.43. The second kappa shape index (κ2) is 9.68. The SMILES string of the molecule is COc1ccc(Cl)cc1-n1c(C)cc(C2C(c3ccccn3)NC(=S)N2Cc2ccccn2)c1C. The van der Waals surface area contributed by atoms with Crippen molar-refractivity contribution in [1.29, 1.82) is 0 Å². The number of rotatable bonds is 6. The molecule has 0 amide bonds. The normalized spacial score (nSPS) is 17.5. The van der Waals surface area contributed by atoms with Gasteiger partial charge >= 0.3 is 0 Å². The zero-order chi connectivity index (χ0) is 24.5. The Hall–Kier alpha value is -3.42. The Kier molecular flexibility index (Phi) is 6.45. The van der Waals surface area contributed by atoms with E-state index in [2.05, 4.69) is 44.7 Å². The van der Waals surface area contributed by atoms with Gasteiger partial charge in [0.05, 0.1) is 42.8 Å². The lowest BCUT2D eigenvalue weighted by Gasteiger charge is -2.28. The minimum atomic E-state index is -0.109. The van der Waals surface area contributed by atoms with Crippen LogP contribution in [0.15, 0.2) is 73.1 Å². The summed E-state index contributed by atoms with van der Waals surface area (Å²) in [6.07, 6.45) is 3.63. The maximum Gasteiger partial charge on any atom is 0.170 e.